The number of likely N-dealkylation sites (tertiary alicyclic amines) is 1. The van der Waals surface area contributed by atoms with Gasteiger partial charge in [0.25, 0.3) is 6.43 Å². The minimum Gasteiger partial charge on any atom is -0.338 e. The van der Waals surface area contributed by atoms with E-state index >= 15 is 0 Å². The van der Waals surface area contributed by atoms with Crippen LogP contribution in [-0.2, 0) is 24.2 Å². The molecule has 4 aliphatic heterocycles. The number of fused-ring (bicyclic) bond motifs is 2. The van der Waals surface area contributed by atoms with Crippen LogP contribution in [0.15, 0.2) is 12.1 Å². The minimum absolute atomic E-state index is 0.0340. The summed E-state index contributed by atoms with van der Waals surface area (Å²) in [5.74, 6) is 2.88. The maximum absolute atomic E-state index is 14.0. The summed E-state index contributed by atoms with van der Waals surface area (Å²) in [6, 6.07) is 5.37. The number of piperidine rings is 2. The lowest BCUT2D eigenvalue weighted by atomic mass is 9.80. The molecule has 226 valence electrons. The average molecular weight is 580 g/mol. The molecule has 42 heavy (non-hydrogen) atoms. The Bertz CT molecular complexity index is 1350. The second-order valence-corrected chi connectivity index (χ2v) is 12.9. The first kappa shape index (κ1) is 29.1. The van der Waals surface area contributed by atoms with E-state index in [1.165, 1.54) is 11.8 Å². The molecule has 1 aromatic carbocycles. The molecule has 2 saturated heterocycles. The first-order chi connectivity index (χ1) is 20.2. The van der Waals surface area contributed by atoms with Crippen molar-refractivity contribution in [3.8, 4) is 6.07 Å². The van der Waals surface area contributed by atoms with Crippen LogP contribution in [-0.4, -0.2) is 71.3 Å². The lowest BCUT2D eigenvalue weighted by molar-refractivity contribution is -0.129. The van der Waals surface area contributed by atoms with Crippen molar-refractivity contribution in [1.29, 1.82) is 5.26 Å². The number of hydrogen-bond donors (Lipinski definition) is 1. The number of halogens is 2. The van der Waals surface area contributed by atoms with Crippen molar-refractivity contribution >= 4 is 17.4 Å². The van der Waals surface area contributed by atoms with Gasteiger partial charge in [0, 0.05) is 68.6 Å². The first-order valence-electron chi connectivity index (χ1n) is 15.7. The van der Waals surface area contributed by atoms with Crippen LogP contribution in [0.1, 0.15) is 80.4 Å². The molecule has 3 atom stereocenters. The van der Waals surface area contributed by atoms with E-state index in [0.29, 0.717) is 43.1 Å². The maximum Gasteiger partial charge on any atom is 0.265 e. The number of aromatic nitrogens is 2. The van der Waals surface area contributed by atoms with Crippen molar-refractivity contribution in [2.45, 2.75) is 71.9 Å². The highest BCUT2D eigenvalue weighted by Gasteiger charge is 2.36. The van der Waals surface area contributed by atoms with Crippen LogP contribution >= 0.6 is 0 Å². The summed E-state index contributed by atoms with van der Waals surface area (Å²) < 4.78 is 30.1. The average Bonchev–Trinajstić information content (AvgIpc) is 3.37. The molecular weight excluding hydrogens is 536 g/mol. The van der Waals surface area contributed by atoms with Crippen molar-refractivity contribution in [3.05, 3.63) is 40.1 Å². The summed E-state index contributed by atoms with van der Waals surface area (Å²) in [7, 11) is 0. The van der Waals surface area contributed by atoms with Crippen LogP contribution in [0.5, 0.6) is 0 Å². The molecule has 1 N–H and O–H groups in total. The van der Waals surface area contributed by atoms with Gasteiger partial charge in [-0.05, 0) is 74.2 Å². The van der Waals surface area contributed by atoms with Gasteiger partial charge in [-0.2, -0.15) is 10.4 Å². The smallest absolute Gasteiger partial charge is 0.265 e. The van der Waals surface area contributed by atoms with Gasteiger partial charge in [0.15, 0.2) is 5.82 Å². The Morgan fingerprint density at radius 2 is 1.86 bits per heavy atom. The molecule has 5 heterocycles. The van der Waals surface area contributed by atoms with Crippen molar-refractivity contribution in [2.24, 2.45) is 17.8 Å². The van der Waals surface area contributed by atoms with E-state index in [2.05, 4.69) is 33.6 Å². The maximum atomic E-state index is 14.0. The van der Waals surface area contributed by atoms with Gasteiger partial charge in [0.2, 0.25) is 5.91 Å². The number of aryl methyl sites for hydroxylation is 1. The summed E-state index contributed by atoms with van der Waals surface area (Å²) in [4.78, 5) is 19.0. The largest absolute Gasteiger partial charge is 0.338 e. The van der Waals surface area contributed by atoms with Crippen LogP contribution in [0.2, 0.25) is 0 Å². The third-order valence-corrected chi connectivity index (χ3v) is 10.3. The molecule has 10 heteroatoms. The number of alkyl halides is 2. The predicted octanol–water partition coefficient (Wildman–Crippen LogP) is 4.81. The van der Waals surface area contributed by atoms with Crippen LogP contribution in [0.3, 0.4) is 0 Å². The van der Waals surface area contributed by atoms with Crippen LogP contribution < -0.4 is 10.2 Å². The molecule has 8 nitrogen and oxygen atoms in total. The number of nitriles is 1. The van der Waals surface area contributed by atoms with E-state index in [1.54, 1.807) is 13.0 Å². The second kappa shape index (κ2) is 11.9. The highest BCUT2D eigenvalue weighted by Crippen LogP contribution is 2.42. The van der Waals surface area contributed by atoms with Crippen molar-refractivity contribution in [2.75, 3.05) is 50.7 Å². The van der Waals surface area contributed by atoms with E-state index in [4.69, 9.17) is 5.10 Å². The van der Waals surface area contributed by atoms with Gasteiger partial charge in [0.05, 0.1) is 24.2 Å². The lowest BCUT2D eigenvalue weighted by Crippen LogP contribution is -2.47. The first-order valence-corrected chi connectivity index (χ1v) is 15.7. The van der Waals surface area contributed by atoms with E-state index in [9.17, 15) is 18.8 Å². The van der Waals surface area contributed by atoms with Crippen molar-refractivity contribution in [1.82, 2.24) is 24.9 Å². The number of amides is 1. The van der Waals surface area contributed by atoms with Gasteiger partial charge in [-0.1, -0.05) is 13.8 Å². The van der Waals surface area contributed by atoms with Crippen molar-refractivity contribution in [3.63, 3.8) is 0 Å². The minimum atomic E-state index is -2.73. The lowest BCUT2D eigenvalue weighted by Gasteiger charge is -2.41. The zero-order valence-corrected chi connectivity index (χ0v) is 25.1. The number of rotatable bonds is 5. The molecule has 0 radical (unpaired) electrons. The number of benzene rings is 1. The Hall–Kier alpha value is -3.03. The molecule has 0 saturated carbocycles. The van der Waals surface area contributed by atoms with Crippen molar-refractivity contribution < 1.29 is 13.6 Å². The standard InChI is InChI=1S/C32H43F2N7O/c1-20-16-36-17-21(2)27(20)18-38-10-6-25(7-11-38)41-29-8-12-39(22(3)42)19-28(29)32(37-41)40-9-4-5-23-13-24(15-35)26(31(33)34)14-30(23)40/h13-14,20-21,25,27,31,36H,4-12,16-19H2,1-3H3/t20-,21+,27?. The van der Waals surface area contributed by atoms with Gasteiger partial charge in [0.1, 0.15) is 0 Å². The predicted molar refractivity (Wildman–Crippen MR) is 158 cm³/mol. The summed E-state index contributed by atoms with van der Waals surface area (Å²) in [6.07, 6.45) is 1.64. The van der Waals surface area contributed by atoms with Gasteiger partial charge < -0.3 is 20.0 Å². The monoisotopic (exact) mass is 579 g/mol. The molecule has 1 aromatic heterocycles. The number of hydrogen-bond acceptors (Lipinski definition) is 6. The summed E-state index contributed by atoms with van der Waals surface area (Å²) >= 11 is 0. The molecule has 0 aliphatic carbocycles. The Balaban J connectivity index is 1.30. The highest BCUT2D eigenvalue weighted by molar-refractivity contribution is 5.75. The van der Waals surface area contributed by atoms with Gasteiger partial charge >= 0.3 is 0 Å². The van der Waals surface area contributed by atoms with E-state index in [1.807, 2.05) is 11.0 Å². The topological polar surface area (TPSA) is 80.4 Å². The molecule has 1 unspecified atom stereocenters. The fourth-order valence-electron chi connectivity index (χ4n) is 7.77. The number of anilines is 2. The van der Waals surface area contributed by atoms with Gasteiger partial charge in [-0.25, -0.2) is 8.78 Å². The summed E-state index contributed by atoms with van der Waals surface area (Å²) in [5.41, 5.74) is 3.64. The summed E-state index contributed by atoms with van der Waals surface area (Å²) in [5, 5.41) is 18.3. The molecule has 1 amide bonds. The fraction of sp³-hybridized carbons (Fsp3) is 0.656. The molecule has 0 spiro atoms. The third kappa shape index (κ3) is 5.42. The molecular formula is C32H43F2N7O. The van der Waals surface area contributed by atoms with E-state index < -0.39 is 6.43 Å². The molecule has 4 aliphatic rings. The highest BCUT2D eigenvalue weighted by atomic mass is 19.3. The Labute approximate surface area is 247 Å². The number of carbonyl (C=O) groups excluding carboxylic acids is 1. The van der Waals surface area contributed by atoms with Gasteiger partial charge in [-0.3, -0.25) is 9.48 Å². The van der Waals surface area contributed by atoms with E-state index in [-0.39, 0.29) is 23.1 Å². The Morgan fingerprint density at radius 1 is 1.12 bits per heavy atom. The van der Waals surface area contributed by atoms with Crippen LogP contribution in [0, 0.1) is 29.1 Å². The van der Waals surface area contributed by atoms with Crippen LogP contribution in [0.25, 0.3) is 0 Å². The molecule has 2 aromatic rings. The Morgan fingerprint density at radius 3 is 2.52 bits per heavy atom. The zero-order valence-electron chi connectivity index (χ0n) is 25.1. The number of nitrogens with zero attached hydrogens (tertiary/aromatic N) is 6. The number of carbonyl (C=O) groups is 1. The quantitative estimate of drug-likeness (QED) is 0.548. The normalized spacial score (nSPS) is 25.3. The molecule has 6 rings (SSSR count). The molecule has 0 bridgehead atoms. The van der Waals surface area contributed by atoms with Crippen LogP contribution in [0.4, 0.5) is 20.3 Å². The van der Waals surface area contributed by atoms with E-state index in [0.717, 1.165) is 81.8 Å². The third-order valence-electron chi connectivity index (χ3n) is 10.3. The zero-order chi connectivity index (χ0) is 29.5. The second-order valence-electron chi connectivity index (χ2n) is 12.9. The van der Waals surface area contributed by atoms with Gasteiger partial charge in [-0.15, -0.1) is 0 Å². The SMILES string of the molecule is CC(=O)N1CCc2c(c(N3CCCc4cc(C#N)c(C(F)F)cc43)nn2C2CCN(CC3[C@H](C)CNC[C@@H]3C)CC2)C1. The summed E-state index contributed by atoms with van der Waals surface area (Å²) in [6.45, 7) is 13.6. The Kier molecular flexibility index (Phi) is 8.25. The number of nitrogens with one attached hydrogen (secondary N) is 1. The molecule has 2 fully saturated rings. The fourth-order valence-corrected chi connectivity index (χ4v) is 7.77.